The average Bonchev–Trinajstić information content (AvgIpc) is 2.56. The van der Waals surface area contributed by atoms with Crippen LogP contribution in [0.1, 0.15) is 0 Å². The van der Waals surface area contributed by atoms with Gasteiger partial charge in [0.25, 0.3) is 0 Å². The van der Waals surface area contributed by atoms with Gasteiger partial charge < -0.3 is 0 Å². The molecule has 0 aliphatic rings. The molecule has 3 aromatic heterocycles. The number of hydrogen-bond acceptors (Lipinski definition) is 5. The molecule has 13 heavy (non-hydrogen) atoms. The number of rotatable bonds is 0. The van der Waals surface area contributed by atoms with E-state index in [2.05, 4.69) is 20.2 Å². The molecule has 0 aliphatic heterocycles. The molecule has 0 atom stereocenters. The summed E-state index contributed by atoms with van der Waals surface area (Å²) in [7, 11) is 0. The van der Waals surface area contributed by atoms with Crippen molar-refractivity contribution in [2.45, 2.75) is 0 Å². The normalized spacial score (nSPS) is 11.1. The second-order valence-electron chi connectivity index (χ2n) is 2.56. The third-order valence-electron chi connectivity index (χ3n) is 1.78. The standard InChI is InChI=1S/C8H4N4S/c1-2-11-12-6-5(1)13-8-7(6)9-3-4-10-8/h1-4H. The van der Waals surface area contributed by atoms with Crippen molar-refractivity contribution in [3.05, 3.63) is 24.7 Å². The molecule has 0 saturated heterocycles. The van der Waals surface area contributed by atoms with Crippen molar-refractivity contribution in [1.29, 1.82) is 0 Å². The molecule has 0 aromatic carbocycles. The molecule has 0 bridgehead atoms. The quantitative estimate of drug-likeness (QED) is 0.538. The lowest BCUT2D eigenvalue weighted by atomic mass is 10.4. The first-order valence-electron chi connectivity index (χ1n) is 3.76. The van der Waals surface area contributed by atoms with E-state index in [1.807, 2.05) is 6.07 Å². The summed E-state index contributed by atoms with van der Waals surface area (Å²) < 4.78 is 1.08. The zero-order chi connectivity index (χ0) is 8.67. The zero-order valence-electron chi connectivity index (χ0n) is 6.51. The Balaban J connectivity index is 2.64. The summed E-state index contributed by atoms with van der Waals surface area (Å²) in [5.41, 5.74) is 1.69. The molecule has 0 radical (unpaired) electrons. The average molecular weight is 188 g/mol. The van der Waals surface area contributed by atoms with E-state index < -0.39 is 0 Å². The molecule has 0 amide bonds. The summed E-state index contributed by atoms with van der Waals surface area (Å²) in [5.74, 6) is 0. The van der Waals surface area contributed by atoms with Gasteiger partial charge in [0, 0.05) is 12.4 Å². The zero-order valence-corrected chi connectivity index (χ0v) is 7.32. The monoisotopic (exact) mass is 188 g/mol. The number of hydrogen-bond donors (Lipinski definition) is 0. The molecule has 0 spiro atoms. The number of fused-ring (bicyclic) bond motifs is 3. The molecule has 0 aliphatic carbocycles. The highest BCUT2D eigenvalue weighted by molar-refractivity contribution is 7.25. The van der Waals surface area contributed by atoms with E-state index in [0.717, 1.165) is 20.6 Å². The van der Waals surface area contributed by atoms with E-state index in [1.54, 1.807) is 29.9 Å². The maximum atomic E-state index is 4.21. The Labute approximate surface area is 77.3 Å². The predicted molar refractivity (Wildman–Crippen MR) is 50.5 cm³/mol. The maximum absolute atomic E-state index is 4.21. The lowest BCUT2D eigenvalue weighted by molar-refractivity contribution is 1.08. The predicted octanol–water partition coefficient (Wildman–Crippen LogP) is 1.63. The van der Waals surface area contributed by atoms with Crippen molar-refractivity contribution < 1.29 is 0 Å². The van der Waals surface area contributed by atoms with Gasteiger partial charge in [-0.15, -0.1) is 16.4 Å². The minimum atomic E-state index is 0.843. The van der Waals surface area contributed by atoms with Gasteiger partial charge in [0.1, 0.15) is 15.9 Å². The SMILES string of the molecule is c1cc2sc3nccnc3c2nn1. The molecule has 62 valence electrons. The van der Waals surface area contributed by atoms with Crippen LogP contribution in [0.3, 0.4) is 0 Å². The smallest absolute Gasteiger partial charge is 0.144 e. The van der Waals surface area contributed by atoms with E-state index in [9.17, 15) is 0 Å². The molecular weight excluding hydrogens is 184 g/mol. The van der Waals surface area contributed by atoms with E-state index in [-0.39, 0.29) is 0 Å². The highest BCUT2D eigenvalue weighted by Crippen LogP contribution is 2.27. The van der Waals surface area contributed by atoms with E-state index in [4.69, 9.17) is 0 Å². The van der Waals surface area contributed by atoms with Gasteiger partial charge in [-0.1, -0.05) is 0 Å². The highest BCUT2D eigenvalue weighted by atomic mass is 32.1. The summed E-state index contributed by atoms with van der Waals surface area (Å²) in [6.07, 6.45) is 5.03. The van der Waals surface area contributed by atoms with Gasteiger partial charge in [0.15, 0.2) is 0 Å². The molecule has 3 aromatic rings. The molecule has 0 N–H and O–H groups in total. The Bertz CT molecular complexity index is 524. The first-order valence-corrected chi connectivity index (χ1v) is 4.58. The Morgan fingerprint density at radius 2 is 1.92 bits per heavy atom. The van der Waals surface area contributed by atoms with Crippen LogP contribution in [0.2, 0.25) is 0 Å². The molecule has 3 heterocycles. The Hall–Kier alpha value is -1.62. The fraction of sp³-hybridized carbons (Fsp3) is 0. The first-order chi connectivity index (χ1) is 6.45. The summed E-state index contributed by atoms with van der Waals surface area (Å²) in [4.78, 5) is 9.34. The second kappa shape index (κ2) is 2.43. The summed E-state index contributed by atoms with van der Waals surface area (Å²) >= 11 is 1.59. The van der Waals surface area contributed by atoms with Crippen LogP contribution >= 0.6 is 11.3 Å². The van der Waals surface area contributed by atoms with Crippen LogP contribution in [0, 0.1) is 0 Å². The molecule has 5 heteroatoms. The van der Waals surface area contributed by atoms with Crippen LogP contribution in [0.15, 0.2) is 24.7 Å². The minimum Gasteiger partial charge on any atom is -0.250 e. The fourth-order valence-corrected chi connectivity index (χ4v) is 2.16. The molecule has 3 rings (SSSR count). The van der Waals surface area contributed by atoms with Crippen molar-refractivity contribution in [1.82, 2.24) is 20.2 Å². The van der Waals surface area contributed by atoms with Gasteiger partial charge in [-0.05, 0) is 6.07 Å². The van der Waals surface area contributed by atoms with Crippen LogP contribution in [-0.4, -0.2) is 20.2 Å². The van der Waals surface area contributed by atoms with Crippen molar-refractivity contribution in [2.24, 2.45) is 0 Å². The summed E-state index contributed by atoms with van der Waals surface area (Å²) in [6, 6.07) is 1.93. The number of thiophene rings is 1. The fourth-order valence-electron chi connectivity index (χ4n) is 1.23. The van der Waals surface area contributed by atoms with Gasteiger partial charge >= 0.3 is 0 Å². The summed E-state index contributed by atoms with van der Waals surface area (Å²) in [6.45, 7) is 0. The van der Waals surface area contributed by atoms with Gasteiger partial charge in [-0.3, -0.25) is 0 Å². The molecule has 0 saturated carbocycles. The van der Waals surface area contributed by atoms with Crippen LogP contribution in [0.25, 0.3) is 20.6 Å². The minimum absolute atomic E-state index is 0.843. The molecule has 0 fully saturated rings. The van der Waals surface area contributed by atoms with Crippen LogP contribution in [-0.2, 0) is 0 Å². The van der Waals surface area contributed by atoms with E-state index in [0.29, 0.717) is 0 Å². The largest absolute Gasteiger partial charge is 0.250 e. The van der Waals surface area contributed by atoms with Gasteiger partial charge in [0.05, 0.1) is 10.9 Å². The van der Waals surface area contributed by atoms with Gasteiger partial charge in [-0.2, -0.15) is 5.10 Å². The van der Waals surface area contributed by atoms with Crippen LogP contribution < -0.4 is 0 Å². The molecule has 0 unspecified atom stereocenters. The highest BCUT2D eigenvalue weighted by Gasteiger charge is 2.06. The number of nitrogens with zero attached hydrogens (tertiary/aromatic N) is 4. The Morgan fingerprint density at radius 3 is 2.92 bits per heavy atom. The van der Waals surface area contributed by atoms with Crippen LogP contribution in [0.5, 0.6) is 0 Å². The molecule has 4 nitrogen and oxygen atoms in total. The third-order valence-corrected chi connectivity index (χ3v) is 2.82. The number of aromatic nitrogens is 4. The van der Waals surface area contributed by atoms with Crippen molar-refractivity contribution in [2.75, 3.05) is 0 Å². The lowest BCUT2D eigenvalue weighted by Gasteiger charge is -1.85. The Kier molecular flexibility index (Phi) is 1.28. The molecular formula is C8H4N4S. The lowest BCUT2D eigenvalue weighted by Crippen LogP contribution is -1.80. The summed E-state index contributed by atoms with van der Waals surface area (Å²) in [5, 5.41) is 7.85. The van der Waals surface area contributed by atoms with Crippen LogP contribution in [0.4, 0.5) is 0 Å². The van der Waals surface area contributed by atoms with Gasteiger partial charge in [0.2, 0.25) is 0 Å². The van der Waals surface area contributed by atoms with E-state index >= 15 is 0 Å². The van der Waals surface area contributed by atoms with Crippen molar-refractivity contribution in [3.63, 3.8) is 0 Å². The Morgan fingerprint density at radius 1 is 1.00 bits per heavy atom. The van der Waals surface area contributed by atoms with Gasteiger partial charge in [-0.25, -0.2) is 9.97 Å². The maximum Gasteiger partial charge on any atom is 0.144 e. The van der Waals surface area contributed by atoms with E-state index in [1.165, 1.54) is 0 Å². The van der Waals surface area contributed by atoms with Crippen molar-refractivity contribution in [3.8, 4) is 0 Å². The van der Waals surface area contributed by atoms with Crippen molar-refractivity contribution >= 4 is 31.9 Å². The second-order valence-corrected chi connectivity index (χ2v) is 3.59. The topological polar surface area (TPSA) is 51.6 Å². The first kappa shape index (κ1) is 6.85. The third kappa shape index (κ3) is 0.905.